The molecule has 8 rings (SSSR count). The van der Waals surface area contributed by atoms with Crippen LogP contribution in [0, 0.1) is 17.0 Å². The van der Waals surface area contributed by atoms with Gasteiger partial charge in [0.25, 0.3) is 66.4 Å². The number of anilines is 1. The number of hydrogen-bond acceptors (Lipinski definition) is 30. The molecule has 0 unspecified atom stereocenters. The smallest absolute Gasteiger partial charge is 0.339 e. The van der Waals surface area contributed by atoms with Crippen molar-refractivity contribution >= 4 is 161 Å². The molecular formula is C43H30N8O28S8. The molecule has 44 heteroatoms. The lowest BCUT2D eigenvalue weighted by molar-refractivity contribution is -0.432. The predicted octanol–water partition coefficient (Wildman–Crippen LogP) is 8.28. The highest BCUT2D eigenvalue weighted by Gasteiger charge is 2.32. The highest BCUT2D eigenvalue weighted by molar-refractivity contribution is 7.94. The fourth-order valence-electron chi connectivity index (χ4n) is 8.04. The molecule has 0 aromatic heterocycles. The maximum atomic E-state index is 13.3. The first-order valence-electron chi connectivity index (χ1n) is 22.2. The summed E-state index contributed by atoms with van der Waals surface area (Å²) in [5, 5.41) is 63.6. The molecule has 0 aliphatic rings. The molecule has 11 N–H and O–H groups in total. The molecule has 0 radical (unpaired) electrons. The number of phenols is 2. The third kappa shape index (κ3) is 13.3. The molecule has 8 aromatic carbocycles. The summed E-state index contributed by atoms with van der Waals surface area (Å²) in [6.45, 7) is 1.61. The van der Waals surface area contributed by atoms with E-state index in [1.165, 1.54) is 12.1 Å². The van der Waals surface area contributed by atoms with Crippen LogP contribution in [0.25, 0.3) is 32.3 Å². The SMILES string of the molecule is Cc1ccc(S(=O)(=O)Oc2cc(S(=O)(=O)O)cc3c(S(=O)(=O)O)c(N=Nc4c(S(=O)(=O)O)cc5c(S(=O)(=O)O)c(N=Nc6cc(S(=O)(=O)O)c7cc(SOOO)c(N=Nc8ccc([N+](=O)[O-])cc8S(=O)(=O)O)c(O)c7c6N)ccc5c4O)ccc23)cc1. The Morgan fingerprint density at radius 3 is 1.55 bits per heavy atom. The molecule has 8 aromatic rings. The summed E-state index contributed by atoms with van der Waals surface area (Å²) in [5.74, 6) is -3.69. The van der Waals surface area contributed by atoms with Crippen LogP contribution in [0.15, 0.2) is 167 Å². The Morgan fingerprint density at radius 2 is 1.01 bits per heavy atom. The van der Waals surface area contributed by atoms with Gasteiger partial charge in [0.2, 0.25) is 0 Å². The van der Waals surface area contributed by atoms with Crippen molar-refractivity contribution in [1.82, 2.24) is 0 Å². The zero-order valence-electron chi connectivity index (χ0n) is 42.0. The second-order valence-electron chi connectivity index (χ2n) is 17.2. The van der Waals surface area contributed by atoms with Crippen molar-refractivity contribution in [3.05, 3.63) is 113 Å². The van der Waals surface area contributed by atoms with Crippen LogP contribution in [-0.2, 0) is 80.2 Å². The summed E-state index contributed by atoms with van der Waals surface area (Å²) in [7, 11) is -38.5. The Balaban J connectivity index is 1.30. The van der Waals surface area contributed by atoms with Crippen LogP contribution in [0.4, 0.5) is 45.5 Å². The monoisotopic (exact) mass is 1360 g/mol. The van der Waals surface area contributed by atoms with E-state index >= 15 is 0 Å². The van der Waals surface area contributed by atoms with E-state index in [-0.39, 0.29) is 18.1 Å². The van der Waals surface area contributed by atoms with Gasteiger partial charge in [-0.3, -0.25) is 37.4 Å². The third-order valence-electron chi connectivity index (χ3n) is 11.7. The topological polar surface area (TPSA) is 592 Å². The number of nitrogens with zero attached hydrogens (tertiary/aromatic N) is 7. The predicted molar refractivity (Wildman–Crippen MR) is 294 cm³/mol. The number of hydrogen-bond donors (Lipinski definition) is 10. The van der Waals surface area contributed by atoms with Gasteiger partial charge in [0, 0.05) is 45.1 Å². The molecule has 0 bridgehead atoms. The number of aryl methyl sites for hydroxylation is 1. The van der Waals surface area contributed by atoms with E-state index in [1.807, 2.05) is 0 Å². The molecule has 0 aliphatic carbocycles. The molecule has 0 spiro atoms. The largest absolute Gasteiger partial charge is 0.505 e. The van der Waals surface area contributed by atoms with Crippen LogP contribution >= 0.6 is 12.0 Å². The van der Waals surface area contributed by atoms with Crippen LogP contribution < -0.4 is 9.92 Å². The van der Waals surface area contributed by atoms with E-state index in [4.69, 9.17) is 15.2 Å². The minimum absolute atomic E-state index is 0.0604. The zero-order chi connectivity index (χ0) is 64.5. The first-order chi connectivity index (χ1) is 40.1. The van der Waals surface area contributed by atoms with E-state index < -0.39 is 210 Å². The summed E-state index contributed by atoms with van der Waals surface area (Å²) in [4.78, 5) is 0.999. The van der Waals surface area contributed by atoms with Gasteiger partial charge in [-0.2, -0.15) is 58.9 Å². The average Bonchev–Trinajstić information content (AvgIpc) is 1.27. The molecule has 0 aliphatic heterocycles. The molecular weight excluding hydrogens is 1330 g/mol. The van der Waals surface area contributed by atoms with E-state index in [9.17, 15) is 107 Å². The number of aromatic hydroxyl groups is 2. The van der Waals surface area contributed by atoms with Gasteiger partial charge < -0.3 is 20.1 Å². The highest BCUT2D eigenvalue weighted by Crippen LogP contribution is 2.51. The minimum Gasteiger partial charge on any atom is -0.505 e. The molecule has 0 saturated carbocycles. The minimum atomic E-state index is -5.83. The Labute approximate surface area is 490 Å². The number of phenolic OH excluding ortho intramolecular Hbond substituents is 2. The summed E-state index contributed by atoms with van der Waals surface area (Å²) in [6.07, 6.45) is 0. The summed E-state index contributed by atoms with van der Waals surface area (Å²) < 4.78 is 251. The van der Waals surface area contributed by atoms with Crippen molar-refractivity contribution in [2.45, 2.75) is 46.1 Å². The lowest BCUT2D eigenvalue weighted by atomic mass is 10.0. The lowest BCUT2D eigenvalue weighted by Gasteiger charge is -2.15. The standard InChI is InChI=1S/C43H30N8O28S8/c1-18-2-5-20(6-3-18)87(75,76)77-31-14-21(81(57,58)59)13-24-22(31)7-10-29(42(24)85(69,70)71)47-50-39-35(84(66,67)68)16-25-23(40(39)52)8-11-28(43(25)86(72,73)74)46-48-30-17-33(82(60,61)62)26-15-32(80-79-78-56)38(41(53)36(26)37(30)44)49-45-27-9-4-19(51(54)55)12-34(27)83(63,64)65/h2-17,52-53,56H,44H2,1H3,(H,57,58,59)(H,60,61,62)(H,63,64,65)(H,66,67,68)(H,69,70,71)(H,72,73,74). The van der Waals surface area contributed by atoms with Gasteiger partial charge in [0.15, 0.2) is 17.2 Å². The number of non-ortho nitro benzene ring substituents is 1. The highest BCUT2D eigenvalue weighted by atomic mass is 32.2. The normalized spacial score (nSPS) is 13.2. The van der Waals surface area contributed by atoms with Crippen molar-refractivity contribution in [2.24, 2.45) is 30.7 Å². The molecule has 458 valence electrons. The number of nitro benzene ring substituents is 1. The van der Waals surface area contributed by atoms with Gasteiger partial charge in [-0.15, -0.1) is 35.0 Å². The van der Waals surface area contributed by atoms with Gasteiger partial charge >= 0.3 is 10.1 Å². The van der Waals surface area contributed by atoms with Crippen LogP contribution in [0.1, 0.15) is 5.56 Å². The second kappa shape index (κ2) is 23.0. The zero-order valence-corrected chi connectivity index (χ0v) is 48.5. The van der Waals surface area contributed by atoms with Crippen LogP contribution in [-0.4, -0.2) is 107 Å². The maximum absolute atomic E-state index is 13.3. The Bertz CT molecular complexity index is 5270. The number of nitrogens with two attached hydrogens (primary N) is 1. The number of azo groups is 3. The number of nitro groups is 1. The Kier molecular flexibility index (Phi) is 17.1. The summed E-state index contributed by atoms with van der Waals surface area (Å²) in [6, 6.07) is 11.8. The first-order valence-corrected chi connectivity index (χ1v) is 33.0. The second-order valence-corrected chi connectivity index (χ2v) is 27.8. The molecule has 87 heavy (non-hydrogen) atoms. The third-order valence-corrected chi connectivity index (χ3v) is 19.0. The van der Waals surface area contributed by atoms with E-state index in [0.29, 0.717) is 48.0 Å². The number of rotatable bonds is 19. The molecule has 0 heterocycles. The van der Waals surface area contributed by atoms with Crippen molar-refractivity contribution in [3.8, 4) is 17.2 Å². The number of fused-ring (bicyclic) bond motifs is 3. The fourth-order valence-corrected chi connectivity index (χ4v) is 13.6. The maximum Gasteiger partial charge on any atom is 0.339 e. The lowest BCUT2D eigenvalue weighted by Crippen LogP contribution is -2.11. The molecule has 0 fully saturated rings. The van der Waals surface area contributed by atoms with E-state index in [0.717, 1.165) is 36.4 Å². The Morgan fingerprint density at radius 1 is 0.494 bits per heavy atom. The molecule has 0 saturated heterocycles. The van der Waals surface area contributed by atoms with Gasteiger partial charge in [-0.25, -0.2) is 5.26 Å². The Hall–Kier alpha value is -8.42. The molecule has 0 atom stereocenters. The molecule has 0 amide bonds. The van der Waals surface area contributed by atoms with Crippen LogP contribution in [0.2, 0.25) is 0 Å². The van der Waals surface area contributed by atoms with Crippen molar-refractivity contribution in [2.75, 3.05) is 5.73 Å². The fraction of sp³-hybridized carbons (Fsp3) is 0.0233. The van der Waals surface area contributed by atoms with Crippen molar-refractivity contribution in [1.29, 1.82) is 0 Å². The van der Waals surface area contributed by atoms with E-state index in [1.54, 1.807) is 6.92 Å². The summed E-state index contributed by atoms with van der Waals surface area (Å²) in [5.41, 5.74) is -0.999. The van der Waals surface area contributed by atoms with Gasteiger partial charge in [-0.05, 0) is 73.7 Å². The van der Waals surface area contributed by atoms with Gasteiger partial charge in [-0.1, -0.05) is 22.7 Å². The van der Waals surface area contributed by atoms with Crippen molar-refractivity contribution < 1.29 is 120 Å². The van der Waals surface area contributed by atoms with Crippen molar-refractivity contribution in [3.63, 3.8) is 0 Å². The van der Waals surface area contributed by atoms with Crippen LogP contribution in [0.3, 0.4) is 0 Å². The van der Waals surface area contributed by atoms with Crippen LogP contribution in [0.5, 0.6) is 17.2 Å². The number of nitrogen functional groups attached to an aromatic ring is 1. The van der Waals surface area contributed by atoms with E-state index in [2.05, 4.69) is 40.1 Å². The number of benzene rings is 8. The average molecular weight is 1360 g/mol. The molecule has 36 nitrogen and oxygen atoms in total. The van der Waals surface area contributed by atoms with Gasteiger partial charge in [0.1, 0.15) is 63.5 Å². The quantitative estimate of drug-likeness (QED) is 0.00532. The van der Waals surface area contributed by atoms with Gasteiger partial charge in [0.05, 0.1) is 37.8 Å². The summed E-state index contributed by atoms with van der Waals surface area (Å²) >= 11 is -0.0604. The first kappa shape index (κ1) is 64.6.